The first-order valence-corrected chi connectivity index (χ1v) is 11.7. The summed E-state index contributed by atoms with van der Waals surface area (Å²) in [6, 6.07) is 19.5. The Bertz CT molecular complexity index is 1150. The number of carbonyl (C=O) groups is 1. The van der Waals surface area contributed by atoms with Crippen LogP contribution in [0.5, 0.6) is 0 Å². The Balaban J connectivity index is 1.53. The molecule has 0 saturated heterocycles. The van der Waals surface area contributed by atoms with Gasteiger partial charge in [0.1, 0.15) is 0 Å². The molecule has 1 amide bonds. The number of rotatable bonds is 7. The maximum Gasteiger partial charge on any atom is 0.229 e. The monoisotopic (exact) mass is 453 g/mol. The number of aryl methyl sites for hydroxylation is 1. The molecule has 2 aromatic carbocycles. The Morgan fingerprint density at radius 1 is 1.10 bits per heavy atom. The van der Waals surface area contributed by atoms with Crippen molar-refractivity contribution < 1.29 is 4.79 Å². The van der Waals surface area contributed by atoms with E-state index in [0.717, 1.165) is 26.4 Å². The number of para-hydroxylation sites is 1. The molecule has 0 aliphatic carbocycles. The molecule has 30 heavy (non-hydrogen) atoms. The summed E-state index contributed by atoms with van der Waals surface area (Å²) in [5, 5.41) is 1.43. The van der Waals surface area contributed by atoms with Crippen molar-refractivity contribution in [3.05, 3.63) is 83.1 Å². The third-order valence-corrected chi connectivity index (χ3v) is 6.90. The summed E-state index contributed by atoms with van der Waals surface area (Å²) in [5.74, 6) is 0.724. The number of pyridine rings is 1. The molecule has 0 aliphatic rings. The van der Waals surface area contributed by atoms with Crippen LogP contribution in [0.25, 0.3) is 10.2 Å². The third kappa shape index (κ3) is 5.01. The van der Waals surface area contributed by atoms with Gasteiger partial charge in [0.05, 0.1) is 22.5 Å². The predicted molar refractivity (Wildman–Crippen MR) is 127 cm³/mol. The molecule has 0 N–H and O–H groups in total. The Hall–Kier alpha value is -2.41. The van der Waals surface area contributed by atoms with Crippen molar-refractivity contribution in [2.45, 2.75) is 24.8 Å². The molecule has 7 heteroatoms. The molecule has 2 aromatic heterocycles. The topological polar surface area (TPSA) is 46.1 Å². The first-order valence-electron chi connectivity index (χ1n) is 9.55. The summed E-state index contributed by atoms with van der Waals surface area (Å²) in [4.78, 5) is 25.2. The van der Waals surface area contributed by atoms with Crippen molar-refractivity contribution in [3.63, 3.8) is 0 Å². The highest BCUT2D eigenvalue weighted by Crippen LogP contribution is 2.32. The SMILES string of the molecule is Cc1cccc2sc(N(Cc3ccccn3)C(=O)CCSc3ccc(Cl)cc3)nc12. The lowest BCUT2D eigenvalue weighted by Crippen LogP contribution is -2.30. The summed E-state index contributed by atoms with van der Waals surface area (Å²) < 4.78 is 1.08. The minimum absolute atomic E-state index is 0.0406. The highest BCUT2D eigenvalue weighted by Gasteiger charge is 2.21. The van der Waals surface area contributed by atoms with Gasteiger partial charge >= 0.3 is 0 Å². The van der Waals surface area contributed by atoms with Gasteiger partial charge in [-0.3, -0.25) is 14.7 Å². The summed E-state index contributed by atoms with van der Waals surface area (Å²) in [5.41, 5.74) is 2.90. The molecule has 0 aliphatic heterocycles. The van der Waals surface area contributed by atoms with Crippen molar-refractivity contribution in [1.82, 2.24) is 9.97 Å². The van der Waals surface area contributed by atoms with E-state index in [4.69, 9.17) is 16.6 Å². The molecule has 0 spiro atoms. The van der Waals surface area contributed by atoms with Crippen LogP contribution in [0.3, 0.4) is 0 Å². The number of aromatic nitrogens is 2. The van der Waals surface area contributed by atoms with Gasteiger partial charge in [-0.1, -0.05) is 41.1 Å². The lowest BCUT2D eigenvalue weighted by atomic mass is 10.2. The van der Waals surface area contributed by atoms with Crippen LogP contribution in [0.15, 0.2) is 71.8 Å². The molecule has 0 saturated carbocycles. The largest absolute Gasteiger partial charge is 0.282 e. The Morgan fingerprint density at radius 2 is 1.93 bits per heavy atom. The molecular weight excluding hydrogens is 434 g/mol. The van der Waals surface area contributed by atoms with Gasteiger partial charge in [-0.25, -0.2) is 4.98 Å². The van der Waals surface area contributed by atoms with Crippen LogP contribution in [0.2, 0.25) is 5.02 Å². The van der Waals surface area contributed by atoms with Crippen LogP contribution in [0, 0.1) is 6.92 Å². The molecule has 0 fully saturated rings. The van der Waals surface area contributed by atoms with Crippen molar-refractivity contribution in [2.75, 3.05) is 10.7 Å². The number of thioether (sulfide) groups is 1. The van der Waals surface area contributed by atoms with Gasteiger partial charge < -0.3 is 0 Å². The Kier molecular flexibility index (Phi) is 6.67. The van der Waals surface area contributed by atoms with Crippen LogP contribution in [0.1, 0.15) is 17.7 Å². The van der Waals surface area contributed by atoms with Crippen LogP contribution in [0.4, 0.5) is 5.13 Å². The number of nitrogens with zero attached hydrogens (tertiary/aromatic N) is 3. The van der Waals surface area contributed by atoms with Gasteiger partial charge in [-0.05, 0) is 55.0 Å². The van der Waals surface area contributed by atoms with Crippen molar-refractivity contribution in [1.29, 1.82) is 0 Å². The van der Waals surface area contributed by atoms with Gasteiger partial charge in [0.2, 0.25) is 5.91 Å². The number of anilines is 1. The average molecular weight is 454 g/mol. The van der Waals surface area contributed by atoms with E-state index < -0.39 is 0 Å². The maximum absolute atomic E-state index is 13.2. The smallest absolute Gasteiger partial charge is 0.229 e. The number of hydrogen-bond donors (Lipinski definition) is 0. The highest BCUT2D eigenvalue weighted by molar-refractivity contribution is 7.99. The van der Waals surface area contributed by atoms with E-state index in [0.29, 0.717) is 28.9 Å². The summed E-state index contributed by atoms with van der Waals surface area (Å²) in [6.45, 7) is 2.45. The fourth-order valence-electron chi connectivity index (χ4n) is 3.03. The molecule has 0 atom stereocenters. The normalized spacial score (nSPS) is 11.0. The number of hydrogen-bond acceptors (Lipinski definition) is 5. The zero-order chi connectivity index (χ0) is 20.9. The fraction of sp³-hybridized carbons (Fsp3) is 0.174. The quantitative estimate of drug-likeness (QED) is 0.305. The number of amides is 1. The van der Waals surface area contributed by atoms with Gasteiger partial charge in [0.25, 0.3) is 0 Å². The van der Waals surface area contributed by atoms with Crippen molar-refractivity contribution >= 4 is 56.0 Å². The predicted octanol–water partition coefficient (Wildman–Crippen LogP) is 6.37. The van der Waals surface area contributed by atoms with Crippen LogP contribution >= 0.6 is 34.7 Å². The van der Waals surface area contributed by atoms with Crippen LogP contribution in [-0.2, 0) is 11.3 Å². The number of carbonyl (C=O) groups excluding carboxylic acids is 1. The fourth-order valence-corrected chi connectivity index (χ4v) is 5.06. The number of halogens is 1. The minimum atomic E-state index is 0.0406. The van der Waals surface area contributed by atoms with E-state index >= 15 is 0 Å². The van der Waals surface area contributed by atoms with Gasteiger partial charge in [0, 0.05) is 28.3 Å². The zero-order valence-electron chi connectivity index (χ0n) is 16.4. The average Bonchev–Trinajstić information content (AvgIpc) is 3.19. The second kappa shape index (κ2) is 9.60. The lowest BCUT2D eigenvalue weighted by molar-refractivity contribution is -0.118. The molecule has 0 unspecified atom stereocenters. The van der Waals surface area contributed by atoms with Crippen LogP contribution < -0.4 is 4.90 Å². The molecular formula is C23H20ClN3OS2. The maximum atomic E-state index is 13.2. The van der Waals surface area contributed by atoms with E-state index in [1.54, 1.807) is 34.2 Å². The second-order valence-corrected chi connectivity index (χ2v) is 9.39. The number of thiazole rings is 1. The van der Waals surface area contributed by atoms with Gasteiger partial charge in [-0.2, -0.15) is 0 Å². The molecule has 2 heterocycles. The van der Waals surface area contributed by atoms with E-state index in [1.807, 2.05) is 67.6 Å². The molecule has 4 aromatic rings. The lowest BCUT2D eigenvalue weighted by Gasteiger charge is -2.19. The van der Waals surface area contributed by atoms with Gasteiger partial charge in [-0.15, -0.1) is 11.8 Å². The summed E-state index contributed by atoms with van der Waals surface area (Å²) in [6.07, 6.45) is 2.16. The van der Waals surface area contributed by atoms with E-state index in [1.165, 1.54) is 0 Å². The Labute approximate surface area is 188 Å². The highest BCUT2D eigenvalue weighted by atomic mass is 35.5. The van der Waals surface area contributed by atoms with E-state index in [9.17, 15) is 4.79 Å². The molecule has 0 bridgehead atoms. The van der Waals surface area contributed by atoms with Gasteiger partial charge in [0.15, 0.2) is 5.13 Å². The number of fused-ring (bicyclic) bond motifs is 1. The standard InChI is InChI=1S/C23H20ClN3OS2/c1-16-5-4-7-20-22(16)26-23(30-20)27(15-18-6-2-3-13-25-18)21(28)12-14-29-19-10-8-17(24)9-11-19/h2-11,13H,12,14-15H2,1H3. The third-order valence-electron chi connectivity index (χ3n) is 4.59. The number of benzene rings is 2. The van der Waals surface area contributed by atoms with E-state index in [2.05, 4.69) is 4.98 Å². The molecule has 4 nitrogen and oxygen atoms in total. The minimum Gasteiger partial charge on any atom is -0.282 e. The first kappa shape index (κ1) is 20.8. The molecule has 4 rings (SSSR count). The first-order chi connectivity index (χ1) is 14.6. The summed E-state index contributed by atoms with van der Waals surface area (Å²) in [7, 11) is 0. The Morgan fingerprint density at radius 3 is 2.67 bits per heavy atom. The van der Waals surface area contributed by atoms with Crippen LogP contribution in [-0.4, -0.2) is 21.6 Å². The molecule has 0 radical (unpaired) electrons. The van der Waals surface area contributed by atoms with E-state index in [-0.39, 0.29) is 5.91 Å². The summed E-state index contributed by atoms with van der Waals surface area (Å²) >= 11 is 9.13. The second-order valence-electron chi connectivity index (χ2n) is 6.77. The molecule has 152 valence electrons. The van der Waals surface area contributed by atoms with Crippen molar-refractivity contribution in [2.24, 2.45) is 0 Å². The zero-order valence-corrected chi connectivity index (χ0v) is 18.8. The van der Waals surface area contributed by atoms with Crippen molar-refractivity contribution in [3.8, 4) is 0 Å².